The first-order valence-corrected chi connectivity index (χ1v) is 13.6. The van der Waals surface area contributed by atoms with Gasteiger partial charge in [0.1, 0.15) is 17.1 Å². The van der Waals surface area contributed by atoms with Crippen LogP contribution in [0.5, 0.6) is 0 Å². The highest BCUT2D eigenvalue weighted by molar-refractivity contribution is 7.15. The van der Waals surface area contributed by atoms with Gasteiger partial charge in [0.05, 0.1) is 0 Å². The van der Waals surface area contributed by atoms with Gasteiger partial charge in [-0.25, -0.2) is 4.79 Å². The second-order valence-corrected chi connectivity index (χ2v) is 13.9. The molecule has 6 aliphatic rings. The van der Waals surface area contributed by atoms with Gasteiger partial charge < -0.3 is 5.32 Å². The molecule has 1 spiro atoms. The normalized spacial score (nSPS) is 40.1. The number of carbonyl (C=O) groups excluding carboxylic acids is 3. The van der Waals surface area contributed by atoms with E-state index in [4.69, 9.17) is 0 Å². The predicted octanol–water partition coefficient (Wildman–Crippen LogP) is 4.08. The molecule has 2 N–H and O–H groups in total. The molecule has 2 atom stereocenters. The van der Waals surface area contributed by atoms with Crippen LogP contribution in [-0.4, -0.2) is 45.0 Å². The van der Waals surface area contributed by atoms with E-state index in [0.29, 0.717) is 23.9 Å². The van der Waals surface area contributed by atoms with Crippen LogP contribution in [0.3, 0.4) is 0 Å². The van der Waals surface area contributed by atoms with Gasteiger partial charge in [0.2, 0.25) is 11.0 Å². The van der Waals surface area contributed by atoms with Crippen LogP contribution < -0.4 is 10.6 Å². The first-order valence-electron chi connectivity index (χ1n) is 12.8. The van der Waals surface area contributed by atoms with E-state index in [0.717, 1.165) is 34.1 Å². The third kappa shape index (κ3) is 3.65. The zero-order valence-corrected chi connectivity index (χ0v) is 21.2. The summed E-state index contributed by atoms with van der Waals surface area (Å²) in [6.45, 7) is 6.09. The molecule has 4 bridgehead atoms. The lowest BCUT2D eigenvalue weighted by molar-refractivity contribution is -0.136. The second kappa shape index (κ2) is 7.48. The molecule has 4 amide bonds. The predicted molar refractivity (Wildman–Crippen MR) is 128 cm³/mol. The Morgan fingerprint density at radius 1 is 1.06 bits per heavy atom. The van der Waals surface area contributed by atoms with Crippen molar-refractivity contribution >= 4 is 34.3 Å². The molecular weight excluding hydrogens is 450 g/mol. The van der Waals surface area contributed by atoms with Gasteiger partial charge in [0.15, 0.2) is 0 Å². The number of urea groups is 1. The highest BCUT2D eigenvalue weighted by Crippen LogP contribution is 2.61. The molecule has 9 heteroatoms. The average Bonchev–Trinajstić information content (AvgIpc) is 3.25. The number of nitrogens with zero attached hydrogens (tertiary/aromatic N) is 3. The Bertz CT molecular complexity index is 1020. The topological polar surface area (TPSA) is 104 Å². The molecule has 7 rings (SSSR count). The minimum absolute atomic E-state index is 0.0426. The molecule has 184 valence electrons. The molecule has 1 aromatic rings. The van der Waals surface area contributed by atoms with E-state index in [1.807, 2.05) is 0 Å². The van der Waals surface area contributed by atoms with Crippen molar-refractivity contribution in [2.24, 2.45) is 29.1 Å². The van der Waals surface area contributed by atoms with Gasteiger partial charge in [0.25, 0.3) is 5.91 Å². The first kappa shape index (κ1) is 22.4. The second-order valence-electron chi connectivity index (χ2n) is 12.9. The van der Waals surface area contributed by atoms with E-state index in [2.05, 4.69) is 41.6 Å². The molecule has 8 nitrogen and oxygen atoms in total. The molecule has 1 aliphatic heterocycles. The average molecular weight is 486 g/mol. The molecule has 1 saturated heterocycles. The zero-order chi connectivity index (χ0) is 23.9. The highest BCUT2D eigenvalue weighted by Gasteiger charge is 2.56. The smallest absolute Gasteiger partial charge is 0.323 e. The zero-order valence-electron chi connectivity index (χ0n) is 20.4. The minimum atomic E-state index is -0.896. The van der Waals surface area contributed by atoms with Gasteiger partial charge in [-0.3, -0.25) is 19.8 Å². The number of amides is 4. The van der Waals surface area contributed by atoms with Crippen molar-refractivity contribution in [3.05, 3.63) is 5.01 Å². The lowest BCUT2D eigenvalue weighted by Crippen LogP contribution is -2.54. The van der Waals surface area contributed by atoms with Gasteiger partial charge >= 0.3 is 6.03 Å². The number of rotatable bonds is 4. The van der Waals surface area contributed by atoms with Crippen LogP contribution in [0, 0.1) is 29.1 Å². The van der Waals surface area contributed by atoms with Crippen LogP contribution in [0.15, 0.2) is 0 Å². The van der Waals surface area contributed by atoms with Gasteiger partial charge in [-0.05, 0) is 86.9 Å². The monoisotopic (exact) mass is 485 g/mol. The Balaban J connectivity index is 1.13. The molecule has 34 heavy (non-hydrogen) atoms. The van der Waals surface area contributed by atoms with Crippen LogP contribution in [0.1, 0.15) is 83.6 Å². The Morgan fingerprint density at radius 3 is 2.32 bits per heavy atom. The van der Waals surface area contributed by atoms with Crippen molar-refractivity contribution in [2.45, 2.75) is 89.5 Å². The molecule has 0 radical (unpaired) electrons. The standard InChI is InChI=1S/C25H35N5O3S/c1-14-7-23(2,3)13-25(8-14)20(32)30(22(33)27-25)12-18(31)26-21-29-28-19(34-21)24-9-15-4-16(10-24)6-17(5-15)11-24/h14-17H,4-13H2,1-3H3,(H,27,33)(H,26,29,31)/t14-,15?,16?,17?,24?,25-/m0/s1. The fraction of sp³-hybridized carbons (Fsp3) is 0.800. The maximum atomic E-state index is 13.3. The van der Waals surface area contributed by atoms with Crippen LogP contribution in [0.2, 0.25) is 0 Å². The lowest BCUT2D eigenvalue weighted by atomic mass is 9.50. The summed E-state index contributed by atoms with van der Waals surface area (Å²) in [6, 6.07) is -0.475. The number of aromatic nitrogens is 2. The van der Waals surface area contributed by atoms with Crippen molar-refractivity contribution in [1.82, 2.24) is 20.4 Å². The van der Waals surface area contributed by atoms with Crippen molar-refractivity contribution in [2.75, 3.05) is 11.9 Å². The molecule has 0 unspecified atom stereocenters. The first-order chi connectivity index (χ1) is 16.0. The summed E-state index contributed by atoms with van der Waals surface area (Å²) in [5.41, 5.74) is -0.802. The van der Waals surface area contributed by atoms with Crippen LogP contribution in [0.4, 0.5) is 9.93 Å². The molecular formula is C25H35N5O3S. The third-order valence-corrected chi connectivity index (χ3v) is 10.2. The maximum Gasteiger partial charge on any atom is 0.325 e. The minimum Gasteiger partial charge on any atom is -0.323 e. The Kier molecular flexibility index (Phi) is 4.94. The number of hydrogen-bond acceptors (Lipinski definition) is 6. The molecule has 1 aromatic heterocycles. The molecule has 5 saturated carbocycles. The van der Waals surface area contributed by atoms with Gasteiger partial charge in [-0.2, -0.15) is 0 Å². The summed E-state index contributed by atoms with van der Waals surface area (Å²) >= 11 is 1.47. The van der Waals surface area contributed by atoms with Gasteiger partial charge in [0, 0.05) is 5.41 Å². The fourth-order valence-electron chi connectivity index (χ4n) is 8.81. The van der Waals surface area contributed by atoms with E-state index in [1.165, 1.54) is 49.9 Å². The Morgan fingerprint density at radius 2 is 1.71 bits per heavy atom. The SMILES string of the molecule is C[C@H]1CC(C)(C)C[C@]2(C1)NC(=O)N(CC(=O)Nc1nnc(C34CC5CC(CC(C5)C3)C4)s1)C2=O. The molecule has 0 aromatic carbocycles. The summed E-state index contributed by atoms with van der Waals surface area (Å²) in [4.78, 5) is 39.9. The summed E-state index contributed by atoms with van der Waals surface area (Å²) in [7, 11) is 0. The molecule has 6 fully saturated rings. The van der Waals surface area contributed by atoms with E-state index in [9.17, 15) is 14.4 Å². The fourth-order valence-corrected chi connectivity index (χ4v) is 9.79. The largest absolute Gasteiger partial charge is 0.325 e. The number of imide groups is 1. The Labute approximate surface area is 204 Å². The lowest BCUT2D eigenvalue weighted by Gasteiger charge is -2.55. The van der Waals surface area contributed by atoms with Gasteiger partial charge in [-0.1, -0.05) is 32.1 Å². The Hall–Kier alpha value is -2.03. The van der Waals surface area contributed by atoms with Crippen molar-refractivity contribution in [3.8, 4) is 0 Å². The van der Waals surface area contributed by atoms with Gasteiger partial charge in [-0.15, -0.1) is 10.2 Å². The van der Waals surface area contributed by atoms with E-state index >= 15 is 0 Å². The number of anilines is 1. The number of nitrogens with one attached hydrogen (secondary N) is 2. The van der Waals surface area contributed by atoms with Crippen molar-refractivity contribution in [1.29, 1.82) is 0 Å². The highest BCUT2D eigenvalue weighted by atomic mass is 32.1. The van der Waals surface area contributed by atoms with Crippen LogP contribution in [-0.2, 0) is 15.0 Å². The number of hydrogen-bond donors (Lipinski definition) is 2. The maximum absolute atomic E-state index is 13.3. The molecule has 2 heterocycles. The van der Waals surface area contributed by atoms with E-state index in [1.54, 1.807) is 0 Å². The van der Waals surface area contributed by atoms with Crippen LogP contribution >= 0.6 is 11.3 Å². The summed E-state index contributed by atoms with van der Waals surface area (Å²) in [5.74, 6) is 2.08. The summed E-state index contributed by atoms with van der Waals surface area (Å²) in [6.07, 6.45) is 9.91. The molecule has 5 aliphatic carbocycles. The van der Waals surface area contributed by atoms with E-state index in [-0.39, 0.29) is 23.3 Å². The summed E-state index contributed by atoms with van der Waals surface area (Å²) < 4.78 is 0. The van der Waals surface area contributed by atoms with Crippen LogP contribution in [0.25, 0.3) is 0 Å². The van der Waals surface area contributed by atoms with E-state index < -0.39 is 17.5 Å². The quantitative estimate of drug-likeness (QED) is 0.626. The van der Waals surface area contributed by atoms with Crippen molar-refractivity contribution < 1.29 is 14.4 Å². The van der Waals surface area contributed by atoms with Crippen molar-refractivity contribution in [3.63, 3.8) is 0 Å². The third-order valence-electron chi connectivity index (χ3n) is 9.09. The summed E-state index contributed by atoms with van der Waals surface area (Å²) in [5, 5.41) is 16.0. The number of carbonyl (C=O) groups is 3.